The number of nitrogens with zero attached hydrogens (tertiary/aromatic N) is 4. The zero-order valence-corrected chi connectivity index (χ0v) is 15.3. The molecule has 0 unspecified atom stereocenters. The Morgan fingerprint density at radius 1 is 1.19 bits per heavy atom. The Morgan fingerprint density at radius 2 is 2.04 bits per heavy atom. The first kappa shape index (κ1) is 16.9. The number of hydrogen-bond acceptors (Lipinski definition) is 5. The van der Waals surface area contributed by atoms with E-state index in [1.165, 1.54) is 0 Å². The van der Waals surface area contributed by atoms with Gasteiger partial charge in [0.05, 0.1) is 15.9 Å². The van der Waals surface area contributed by atoms with Crippen LogP contribution in [0, 0.1) is 0 Å². The molecule has 0 radical (unpaired) electrons. The number of carbonyl (C=O) groups excluding carboxylic acids is 1. The first-order valence-electron chi connectivity index (χ1n) is 8.67. The van der Waals surface area contributed by atoms with Gasteiger partial charge in [0.25, 0.3) is 5.91 Å². The highest BCUT2D eigenvalue weighted by molar-refractivity contribution is 7.17. The summed E-state index contributed by atoms with van der Waals surface area (Å²) in [6.07, 6.45) is 3.49. The number of aromatic nitrogens is 2. The molecule has 1 aliphatic rings. The smallest absolute Gasteiger partial charge is 0.253 e. The van der Waals surface area contributed by atoms with Crippen molar-refractivity contribution in [3.8, 4) is 11.3 Å². The molecule has 1 aliphatic heterocycles. The number of hydrogen-bond donors (Lipinski definition) is 0. The lowest BCUT2D eigenvalue weighted by atomic mass is 10.1. The van der Waals surface area contributed by atoms with E-state index >= 15 is 0 Å². The van der Waals surface area contributed by atoms with E-state index in [0.29, 0.717) is 5.56 Å². The SMILES string of the molecule is C=CCN1CCN(C(=O)c2cccc(-c3ncnc4ccsc34)c2)CC1. The van der Waals surface area contributed by atoms with Gasteiger partial charge in [-0.25, -0.2) is 9.97 Å². The van der Waals surface area contributed by atoms with Crippen LogP contribution in [0.2, 0.25) is 0 Å². The van der Waals surface area contributed by atoms with E-state index < -0.39 is 0 Å². The minimum atomic E-state index is 0.0848. The number of thiophene rings is 1. The molecule has 0 atom stereocenters. The van der Waals surface area contributed by atoms with Gasteiger partial charge in [-0.2, -0.15) is 0 Å². The standard InChI is InChI=1S/C20H20N4OS/c1-2-7-23-8-10-24(11-9-23)20(25)16-5-3-4-15(13-16)18-19-17(6-12-26-19)21-14-22-18/h2-6,12-14H,1,7-11H2. The van der Waals surface area contributed by atoms with E-state index in [4.69, 9.17) is 0 Å². The van der Waals surface area contributed by atoms with Gasteiger partial charge in [0.15, 0.2) is 0 Å². The second kappa shape index (κ2) is 7.35. The van der Waals surface area contributed by atoms with E-state index in [-0.39, 0.29) is 5.91 Å². The summed E-state index contributed by atoms with van der Waals surface area (Å²) in [5, 5.41) is 2.01. The maximum Gasteiger partial charge on any atom is 0.253 e. The molecular weight excluding hydrogens is 344 g/mol. The van der Waals surface area contributed by atoms with Crippen molar-refractivity contribution in [1.82, 2.24) is 19.8 Å². The second-order valence-electron chi connectivity index (χ2n) is 6.32. The van der Waals surface area contributed by atoms with Gasteiger partial charge in [-0.15, -0.1) is 17.9 Å². The maximum atomic E-state index is 12.9. The molecule has 4 rings (SSSR count). The topological polar surface area (TPSA) is 49.3 Å². The molecular formula is C20H20N4OS. The van der Waals surface area contributed by atoms with Crippen LogP contribution in [-0.2, 0) is 0 Å². The summed E-state index contributed by atoms with van der Waals surface area (Å²) in [4.78, 5) is 25.9. The van der Waals surface area contributed by atoms with Gasteiger partial charge < -0.3 is 4.90 Å². The molecule has 0 spiro atoms. The van der Waals surface area contributed by atoms with Crippen molar-refractivity contribution in [2.45, 2.75) is 0 Å². The Morgan fingerprint density at radius 3 is 2.85 bits per heavy atom. The average molecular weight is 364 g/mol. The molecule has 1 aromatic carbocycles. The predicted molar refractivity (Wildman–Crippen MR) is 105 cm³/mol. The molecule has 26 heavy (non-hydrogen) atoms. The first-order valence-corrected chi connectivity index (χ1v) is 9.55. The first-order chi connectivity index (χ1) is 12.8. The van der Waals surface area contributed by atoms with Crippen molar-refractivity contribution in [2.75, 3.05) is 32.7 Å². The lowest BCUT2D eigenvalue weighted by Crippen LogP contribution is -2.48. The van der Waals surface area contributed by atoms with Crippen molar-refractivity contribution in [1.29, 1.82) is 0 Å². The molecule has 0 N–H and O–H groups in total. The van der Waals surface area contributed by atoms with Gasteiger partial charge in [-0.05, 0) is 23.6 Å². The van der Waals surface area contributed by atoms with Gasteiger partial charge in [0.2, 0.25) is 0 Å². The molecule has 1 amide bonds. The Labute approximate surface area is 156 Å². The minimum absolute atomic E-state index is 0.0848. The maximum absolute atomic E-state index is 12.9. The van der Waals surface area contributed by atoms with E-state index in [1.807, 2.05) is 46.7 Å². The van der Waals surface area contributed by atoms with Gasteiger partial charge in [-0.3, -0.25) is 9.69 Å². The number of fused-ring (bicyclic) bond motifs is 1. The summed E-state index contributed by atoms with van der Waals surface area (Å²) < 4.78 is 1.05. The Bertz CT molecular complexity index is 944. The van der Waals surface area contributed by atoms with Gasteiger partial charge in [0, 0.05) is 43.9 Å². The van der Waals surface area contributed by atoms with Crippen LogP contribution in [0.25, 0.3) is 21.5 Å². The lowest BCUT2D eigenvalue weighted by Gasteiger charge is -2.34. The van der Waals surface area contributed by atoms with Crippen LogP contribution in [0.3, 0.4) is 0 Å². The highest BCUT2D eigenvalue weighted by atomic mass is 32.1. The molecule has 6 heteroatoms. The summed E-state index contributed by atoms with van der Waals surface area (Å²) >= 11 is 1.62. The molecule has 0 saturated carbocycles. The Kier molecular flexibility index (Phi) is 4.77. The van der Waals surface area contributed by atoms with Gasteiger partial charge >= 0.3 is 0 Å². The molecule has 5 nitrogen and oxygen atoms in total. The zero-order valence-electron chi connectivity index (χ0n) is 14.5. The lowest BCUT2D eigenvalue weighted by molar-refractivity contribution is 0.0650. The molecule has 1 saturated heterocycles. The fourth-order valence-corrected chi connectivity index (χ4v) is 4.15. The van der Waals surface area contributed by atoms with Crippen LogP contribution in [0.4, 0.5) is 0 Å². The van der Waals surface area contributed by atoms with Crippen molar-refractivity contribution >= 4 is 27.5 Å². The number of rotatable bonds is 4. The van der Waals surface area contributed by atoms with Crippen LogP contribution in [0.1, 0.15) is 10.4 Å². The van der Waals surface area contributed by atoms with Crippen LogP contribution in [0.5, 0.6) is 0 Å². The molecule has 0 aliphatic carbocycles. The largest absolute Gasteiger partial charge is 0.336 e. The molecule has 1 fully saturated rings. The predicted octanol–water partition coefficient (Wildman–Crippen LogP) is 3.30. The monoisotopic (exact) mass is 364 g/mol. The highest BCUT2D eigenvalue weighted by Gasteiger charge is 2.22. The fourth-order valence-electron chi connectivity index (χ4n) is 3.29. The number of amides is 1. The fraction of sp³-hybridized carbons (Fsp3) is 0.250. The number of benzene rings is 1. The van der Waals surface area contributed by atoms with E-state index in [0.717, 1.165) is 54.2 Å². The molecule has 2 aromatic heterocycles. The summed E-state index contributed by atoms with van der Waals surface area (Å²) in [6, 6.07) is 9.75. The summed E-state index contributed by atoms with van der Waals surface area (Å²) in [7, 11) is 0. The second-order valence-corrected chi connectivity index (χ2v) is 7.24. The van der Waals surface area contributed by atoms with E-state index in [1.54, 1.807) is 17.7 Å². The Balaban J connectivity index is 1.57. The quantitative estimate of drug-likeness (QED) is 0.667. The summed E-state index contributed by atoms with van der Waals surface area (Å²) in [5.41, 5.74) is 3.49. The summed E-state index contributed by atoms with van der Waals surface area (Å²) in [5.74, 6) is 0.0848. The van der Waals surface area contributed by atoms with Crippen LogP contribution >= 0.6 is 11.3 Å². The normalized spacial score (nSPS) is 15.3. The zero-order chi connectivity index (χ0) is 17.9. The van der Waals surface area contributed by atoms with Gasteiger partial charge in [-0.1, -0.05) is 18.2 Å². The minimum Gasteiger partial charge on any atom is -0.336 e. The third-order valence-corrected chi connectivity index (χ3v) is 5.58. The third-order valence-electron chi connectivity index (χ3n) is 4.67. The van der Waals surface area contributed by atoms with Crippen molar-refractivity contribution in [3.05, 3.63) is 60.3 Å². The van der Waals surface area contributed by atoms with Crippen LogP contribution < -0.4 is 0 Å². The van der Waals surface area contributed by atoms with Crippen LogP contribution in [0.15, 0.2) is 54.7 Å². The van der Waals surface area contributed by atoms with Crippen molar-refractivity contribution in [3.63, 3.8) is 0 Å². The van der Waals surface area contributed by atoms with Crippen molar-refractivity contribution in [2.24, 2.45) is 0 Å². The third kappa shape index (κ3) is 3.25. The summed E-state index contributed by atoms with van der Waals surface area (Å²) in [6.45, 7) is 7.93. The number of carbonyl (C=O) groups is 1. The van der Waals surface area contributed by atoms with Crippen LogP contribution in [-0.4, -0.2) is 58.4 Å². The van der Waals surface area contributed by atoms with E-state index in [9.17, 15) is 4.79 Å². The molecule has 132 valence electrons. The average Bonchev–Trinajstić information content (AvgIpc) is 3.17. The molecule has 3 heterocycles. The van der Waals surface area contributed by atoms with Gasteiger partial charge in [0.1, 0.15) is 6.33 Å². The van der Waals surface area contributed by atoms with E-state index in [2.05, 4.69) is 21.4 Å². The molecule has 3 aromatic rings. The Hall–Kier alpha value is -2.57. The van der Waals surface area contributed by atoms with Crippen molar-refractivity contribution < 1.29 is 4.79 Å². The highest BCUT2D eigenvalue weighted by Crippen LogP contribution is 2.29. The molecule has 0 bridgehead atoms. The number of piperazine rings is 1.